The summed E-state index contributed by atoms with van der Waals surface area (Å²) >= 11 is 5.99. The second kappa shape index (κ2) is 7.88. The Balaban J connectivity index is 1.64. The molecule has 1 aromatic carbocycles. The third-order valence-corrected chi connectivity index (χ3v) is 3.84. The molecule has 0 aliphatic rings. The highest BCUT2D eigenvalue weighted by Gasteiger charge is 2.08. The average Bonchev–Trinajstić information content (AvgIpc) is 2.63. The highest BCUT2D eigenvalue weighted by molar-refractivity contribution is 6.30. The van der Waals surface area contributed by atoms with E-state index in [1.54, 1.807) is 24.4 Å². The van der Waals surface area contributed by atoms with Gasteiger partial charge in [0.15, 0.2) is 0 Å². The molecule has 2 N–H and O–H groups in total. The number of carbonyl (C=O) groups excluding carboxylic acids is 1. The Bertz CT molecular complexity index is 865. The molecular formula is C19H16ClN3O2. The monoisotopic (exact) mass is 353 g/mol. The zero-order valence-corrected chi connectivity index (χ0v) is 14.1. The first-order chi connectivity index (χ1) is 12.1. The number of nitrogens with one attached hydrogen (secondary N) is 1. The molecule has 0 radical (unpaired) electrons. The first-order valence-corrected chi connectivity index (χ1v) is 8.08. The number of hydrogen-bond donors (Lipinski definition) is 2. The summed E-state index contributed by atoms with van der Waals surface area (Å²) in [6.45, 7) is -0.107. The first-order valence-electron chi connectivity index (χ1n) is 7.70. The van der Waals surface area contributed by atoms with E-state index in [0.717, 1.165) is 11.1 Å². The number of carbonyl (C=O) groups is 1. The number of aliphatic hydroxyl groups excluding tert-OH is 1. The minimum Gasteiger partial charge on any atom is -0.392 e. The summed E-state index contributed by atoms with van der Waals surface area (Å²) in [4.78, 5) is 20.4. The lowest BCUT2D eigenvalue weighted by Gasteiger charge is -2.06. The molecule has 0 spiro atoms. The molecule has 0 unspecified atom stereocenters. The Hall–Kier alpha value is -2.76. The molecule has 0 bridgehead atoms. The number of pyridine rings is 2. The lowest BCUT2D eigenvalue weighted by atomic mass is 10.1. The van der Waals surface area contributed by atoms with E-state index in [0.29, 0.717) is 22.8 Å². The number of amides is 1. The topological polar surface area (TPSA) is 75.1 Å². The van der Waals surface area contributed by atoms with Crippen LogP contribution >= 0.6 is 11.6 Å². The maximum Gasteiger partial charge on any atom is 0.275 e. The van der Waals surface area contributed by atoms with Crippen LogP contribution in [0.4, 0.5) is 5.82 Å². The molecule has 1 amide bonds. The molecule has 0 aliphatic carbocycles. The fourth-order valence-electron chi connectivity index (χ4n) is 2.32. The van der Waals surface area contributed by atoms with E-state index in [-0.39, 0.29) is 18.2 Å². The lowest BCUT2D eigenvalue weighted by Crippen LogP contribution is -2.14. The van der Waals surface area contributed by atoms with Crippen LogP contribution in [0, 0.1) is 0 Å². The molecule has 2 heterocycles. The van der Waals surface area contributed by atoms with E-state index in [4.69, 9.17) is 16.7 Å². The Morgan fingerprint density at radius 2 is 1.80 bits per heavy atom. The van der Waals surface area contributed by atoms with E-state index in [2.05, 4.69) is 15.3 Å². The van der Waals surface area contributed by atoms with Gasteiger partial charge in [-0.25, -0.2) is 4.98 Å². The fourth-order valence-corrected chi connectivity index (χ4v) is 2.53. The number of anilines is 1. The Morgan fingerprint density at radius 1 is 1.00 bits per heavy atom. The van der Waals surface area contributed by atoms with Crippen molar-refractivity contribution >= 4 is 23.3 Å². The second-order valence-electron chi connectivity index (χ2n) is 5.52. The van der Waals surface area contributed by atoms with Gasteiger partial charge in [-0.15, -0.1) is 0 Å². The van der Waals surface area contributed by atoms with Gasteiger partial charge in [0, 0.05) is 17.4 Å². The van der Waals surface area contributed by atoms with Gasteiger partial charge in [-0.3, -0.25) is 9.78 Å². The molecule has 3 rings (SSSR count). The van der Waals surface area contributed by atoms with Crippen molar-refractivity contribution in [1.29, 1.82) is 0 Å². The zero-order chi connectivity index (χ0) is 17.6. The van der Waals surface area contributed by atoms with Crippen molar-refractivity contribution in [3.63, 3.8) is 0 Å². The highest BCUT2D eigenvalue weighted by atomic mass is 35.5. The summed E-state index contributed by atoms with van der Waals surface area (Å²) < 4.78 is 0. The molecule has 25 heavy (non-hydrogen) atoms. The summed E-state index contributed by atoms with van der Waals surface area (Å²) in [5, 5.41) is 12.4. The quantitative estimate of drug-likeness (QED) is 0.736. The number of nitrogens with zero attached hydrogens (tertiary/aromatic N) is 2. The van der Waals surface area contributed by atoms with Crippen molar-refractivity contribution in [2.24, 2.45) is 0 Å². The van der Waals surface area contributed by atoms with E-state index in [1.807, 2.05) is 30.3 Å². The van der Waals surface area contributed by atoms with Crippen molar-refractivity contribution in [2.75, 3.05) is 5.32 Å². The zero-order valence-electron chi connectivity index (χ0n) is 13.3. The molecule has 5 nitrogen and oxygen atoms in total. The lowest BCUT2D eigenvalue weighted by molar-refractivity contribution is 0.102. The van der Waals surface area contributed by atoms with Crippen molar-refractivity contribution in [1.82, 2.24) is 9.97 Å². The minimum atomic E-state index is -0.348. The van der Waals surface area contributed by atoms with E-state index in [1.165, 1.54) is 6.20 Å². The maximum atomic E-state index is 12.1. The first kappa shape index (κ1) is 17.1. The third kappa shape index (κ3) is 4.62. The summed E-state index contributed by atoms with van der Waals surface area (Å²) in [6.07, 6.45) is 3.90. The van der Waals surface area contributed by atoms with Crippen LogP contribution in [-0.4, -0.2) is 21.0 Å². The van der Waals surface area contributed by atoms with Crippen LogP contribution < -0.4 is 5.32 Å². The van der Waals surface area contributed by atoms with Gasteiger partial charge in [0.2, 0.25) is 0 Å². The number of aliphatic hydroxyl groups is 1. The average molecular weight is 354 g/mol. The summed E-state index contributed by atoms with van der Waals surface area (Å²) in [5.41, 5.74) is 3.03. The molecule has 0 aliphatic heterocycles. The van der Waals surface area contributed by atoms with Gasteiger partial charge in [0.05, 0.1) is 6.61 Å². The van der Waals surface area contributed by atoms with Crippen LogP contribution in [0.25, 0.3) is 0 Å². The van der Waals surface area contributed by atoms with Crippen LogP contribution in [0.2, 0.25) is 5.02 Å². The molecular weight excluding hydrogens is 338 g/mol. The largest absolute Gasteiger partial charge is 0.392 e. The number of benzene rings is 1. The van der Waals surface area contributed by atoms with Gasteiger partial charge in [-0.2, -0.15) is 0 Å². The molecule has 0 saturated carbocycles. The molecule has 126 valence electrons. The summed E-state index contributed by atoms with van der Waals surface area (Å²) in [5.74, 6) is 0.104. The number of rotatable bonds is 5. The van der Waals surface area contributed by atoms with Crippen molar-refractivity contribution in [2.45, 2.75) is 13.0 Å². The van der Waals surface area contributed by atoms with Gasteiger partial charge in [-0.05, 0) is 47.4 Å². The molecule has 2 aromatic heterocycles. The van der Waals surface area contributed by atoms with Gasteiger partial charge in [0.25, 0.3) is 5.91 Å². The van der Waals surface area contributed by atoms with Crippen LogP contribution in [0.1, 0.15) is 27.2 Å². The number of aromatic nitrogens is 2. The molecule has 3 aromatic rings. The summed E-state index contributed by atoms with van der Waals surface area (Å²) in [7, 11) is 0. The van der Waals surface area contributed by atoms with Crippen molar-refractivity contribution in [3.8, 4) is 0 Å². The van der Waals surface area contributed by atoms with Crippen LogP contribution in [-0.2, 0) is 13.0 Å². The Labute approximate surface area is 150 Å². The van der Waals surface area contributed by atoms with E-state index < -0.39 is 0 Å². The van der Waals surface area contributed by atoms with Crippen LogP contribution in [0.3, 0.4) is 0 Å². The maximum absolute atomic E-state index is 12.1. The highest BCUT2D eigenvalue weighted by Crippen LogP contribution is 2.15. The van der Waals surface area contributed by atoms with Crippen LogP contribution in [0.5, 0.6) is 0 Å². The van der Waals surface area contributed by atoms with Crippen molar-refractivity contribution in [3.05, 3.63) is 88.3 Å². The fraction of sp³-hybridized carbons (Fsp3) is 0.105. The predicted octanol–water partition coefficient (Wildman–Crippen LogP) is 3.47. The van der Waals surface area contributed by atoms with Crippen LogP contribution in [0.15, 0.2) is 60.9 Å². The second-order valence-corrected chi connectivity index (χ2v) is 5.96. The summed E-state index contributed by atoms with van der Waals surface area (Å²) in [6, 6.07) is 14.5. The number of hydrogen-bond acceptors (Lipinski definition) is 4. The van der Waals surface area contributed by atoms with Gasteiger partial charge in [0.1, 0.15) is 11.5 Å². The molecule has 6 heteroatoms. The normalized spacial score (nSPS) is 10.5. The smallest absolute Gasteiger partial charge is 0.275 e. The standard InChI is InChI=1S/C19H16ClN3O2/c20-16-3-1-2-13(9-16)8-14-5-7-18(22-10-14)23-19(25)17-6-4-15(12-24)11-21-17/h1-7,9-11,24H,8,12H2,(H,22,23,25). The van der Waals surface area contributed by atoms with Crippen molar-refractivity contribution < 1.29 is 9.90 Å². The molecule has 0 fully saturated rings. The van der Waals surface area contributed by atoms with Gasteiger partial charge in [-0.1, -0.05) is 35.9 Å². The minimum absolute atomic E-state index is 0.107. The van der Waals surface area contributed by atoms with E-state index in [9.17, 15) is 4.79 Å². The third-order valence-electron chi connectivity index (χ3n) is 3.60. The Kier molecular flexibility index (Phi) is 5.38. The SMILES string of the molecule is O=C(Nc1ccc(Cc2cccc(Cl)c2)cn1)c1ccc(CO)cn1. The number of halogens is 1. The molecule has 0 atom stereocenters. The van der Waals surface area contributed by atoms with Gasteiger partial charge >= 0.3 is 0 Å². The molecule has 0 saturated heterocycles. The van der Waals surface area contributed by atoms with E-state index >= 15 is 0 Å². The Morgan fingerprint density at radius 3 is 2.44 bits per heavy atom. The van der Waals surface area contributed by atoms with Gasteiger partial charge < -0.3 is 10.4 Å². The predicted molar refractivity (Wildman–Crippen MR) is 96.6 cm³/mol.